The van der Waals surface area contributed by atoms with Crippen LogP contribution in [0.15, 0.2) is 40.9 Å². The third-order valence-corrected chi connectivity index (χ3v) is 2.78. The van der Waals surface area contributed by atoms with Crippen LogP contribution in [0.5, 0.6) is 11.5 Å². The van der Waals surface area contributed by atoms with Crippen LogP contribution in [-0.4, -0.2) is 0 Å². The van der Waals surface area contributed by atoms with Crippen LogP contribution >= 0.6 is 15.9 Å². The van der Waals surface area contributed by atoms with Gasteiger partial charge in [0.2, 0.25) is 0 Å². The first-order chi connectivity index (χ1) is 8.61. The Balaban J connectivity index is 2.44. The van der Waals surface area contributed by atoms with E-state index in [0.717, 1.165) is 4.47 Å². The number of halogens is 2. The maximum absolute atomic E-state index is 13.4. The van der Waals surface area contributed by atoms with Gasteiger partial charge in [0, 0.05) is 4.47 Å². The summed E-state index contributed by atoms with van der Waals surface area (Å²) in [6, 6.07) is 11.0. The van der Waals surface area contributed by atoms with Gasteiger partial charge in [-0.15, -0.1) is 0 Å². The number of hydrogen-bond donors (Lipinski definition) is 1. The lowest BCUT2D eigenvalue weighted by molar-refractivity contribution is 0.476. The summed E-state index contributed by atoms with van der Waals surface area (Å²) < 4.78 is 19.6. The van der Waals surface area contributed by atoms with Crippen LogP contribution in [0.2, 0.25) is 0 Å². The van der Waals surface area contributed by atoms with Crippen molar-refractivity contribution in [3.8, 4) is 17.6 Å². The van der Waals surface area contributed by atoms with Crippen LogP contribution < -0.4 is 10.5 Å². The van der Waals surface area contributed by atoms with Crippen LogP contribution in [0.25, 0.3) is 0 Å². The third-order valence-electron chi connectivity index (χ3n) is 2.28. The second-order valence-electron chi connectivity index (χ2n) is 3.51. The number of rotatable bonds is 2. The van der Waals surface area contributed by atoms with Gasteiger partial charge in [0.05, 0.1) is 5.69 Å². The molecule has 0 saturated carbocycles. The molecule has 2 aromatic rings. The number of nitriles is 1. The minimum Gasteiger partial charge on any atom is -0.454 e. The summed E-state index contributed by atoms with van der Waals surface area (Å²) in [5, 5.41) is 8.89. The zero-order valence-corrected chi connectivity index (χ0v) is 10.7. The van der Waals surface area contributed by atoms with Crippen molar-refractivity contribution >= 4 is 21.6 Å². The molecule has 0 fully saturated rings. The lowest BCUT2D eigenvalue weighted by atomic mass is 10.2. The van der Waals surface area contributed by atoms with E-state index in [4.69, 9.17) is 15.7 Å². The number of hydrogen-bond acceptors (Lipinski definition) is 3. The molecule has 0 spiro atoms. The highest BCUT2D eigenvalue weighted by Crippen LogP contribution is 2.32. The minimum absolute atomic E-state index is 0.141. The predicted molar refractivity (Wildman–Crippen MR) is 69.7 cm³/mol. The molecule has 90 valence electrons. The zero-order valence-electron chi connectivity index (χ0n) is 9.15. The molecule has 18 heavy (non-hydrogen) atoms. The second-order valence-corrected chi connectivity index (χ2v) is 4.42. The first-order valence-electron chi connectivity index (χ1n) is 5.03. The fourth-order valence-electron chi connectivity index (χ4n) is 1.41. The SMILES string of the molecule is N#Cc1c(F)cccc1Oc1cc(Br)ccc1N. The molecule has 0 amide bonds. The van der Waals surface area contributed by atoms with Crippen LogP contribution in [-0.2, 0) is 0 Å². The van der Waals surface area contributed by atoms with E-state index in [2.05, 4.69) is 15.9 Å². The van der Waals surface area contributed by atoms with Crippen molar-refractivity contribution in [2.75, 3.05) is 5.73 Å². The summed E-state index contributed by atoms with van der Waals surface area (Å²) in [6.07, 6.45) is 0. The molecule has 0 aliphatic rings. The monoisotopic (exact) mass is 306 g/mol. The third kappa shape index (κ3) is 2.44. The van der Waals surface area contributed by atoms with Crippen LogP contribution in [0, 0.1) is 17.1 Å². The molecule has 0 aliphatic heterocycles. The molecule has 3 nitrogen and oxygen atoms in total. The molecular weight excluding hydrogens is 299 g/mol. The summed E-state index contributed by atoms with van der Waals surface area (Å²) in [4.78, 5) is 0. The molecular formula is C13H8BrFN2O. The van der Waals surface area contributed by atoms with Crippen molar-refractivity contribution in [1.82, 2.24) is 0 Å². The van der Waals surface area contributed by atoms with Gasteiger partial charge in [0.15, 0.2) is 5.75 Å². The van der Waals surface area contributed by atoms with Gasteiger partial charge in [-0.05, 0) is 30.3 Å². The highest BCUT2D eigenvalue weighted by molar-refractivity contribution is 9.10. The van der Waals surface area contributed by atoms with Crippen molar-refractivity contribution in [3.63, 3.8) is 0 Å². The Bertz CT molecular complexity index is 637. The summed E-state index contributed by atoms with van der Waals surface area (Å²) in [5.74, 6) is -0.114. The Morgan fingerprint density at radius 1 is 1.22 bits per heavy atom. The van der Waals surface area contributed by atoms with Gasteiger partial charge < -0.3 is 10.5 Å². The molecule has 0 unspecified atom stereocenters. The molecule has 5 heteroatoms. The van der Waals surface area contributed by atoms with Gasteiger partial charge in [0.25, 0.3) is 0 Å². The Morgan fingerprint density at radius 3 is 2.72 bits per heavy atom. The van der Waals surface area contributed by atoms with E-state index >= 15 is 0 Å². The molecule has 0 aromatic heterocycles. The fourth-order valence-corrected chi connectivity index (χ4v) is 1.75. The number of nitrogens with two attached hydrogens (primary N) is 1. The Morgan fingerprint density at radius 2 is 2.00 bits per heavy atom. The Labute approximate surface area is 112 Å². The highest BCUT2D eigenvalue weighted by atomic mass is 79.9. The maximum Gasteiger partial charge on any atom is 0.151 e. The Kier molecular flexibility index (Phi) is 3.49. The van der Waals surface area contributed by atoms with E-state index in [1.54, 1.807) is 24.3 Å². The molecule has 0 atom stereocenters. The number of nitrogen functional groups attached to an aromatic ring is 1. The second kappa shape index (κ2) is 5.07. The van der Waals surface area contributed by atoms with Gasteiger partial charge in [-0.1, -0.05) is 22.0 Å². The minimum atomic E-state index is -0.622. The van der Waals surface area contributed by atoms with E-state index in [9.17, 15) is 4.39 Å². The van der Waals surface area contributed by atoms with Crippen molar-refractivity contribution in [2.24, 2.45) is 0 Å². The number of ether oxygens (including phenoxy) is 1. The van der Waals surface area contributed by atoms with Crippen LogP contribution in [0.3, 0.4) is 0 Å². The van der Waals surface area contributed by atoms with Gasteiger partial charge in [-0.25, -0.2) is 4.39 Å². The average molecular weight is 307 g/mol. The maximum atomic E-state index is 13.4. The molecule has 0 bridgehead atoms. The summed E-state index contributed by atoms with van der Waals surface area (Å²) in [7, 11) is 0. The van der Waals surface area contributed by atoms with E-state index in [0.29, 0.717) is 11.4 Å². The summed E-state index contributed by atoms with van der Waals surface area (Å²) in [6.45, 7) is 0. The van der Waals surface area contributed by atoms with E-state index in [1.807, 2.05) is 0 Å². The number of benzene rings is 2. The zero-order chi connectivity index (χ0) is 13.1. The molecule has 2 aromatic carbocycles. The molecule has 0 aliphatic carbocycles. The molecule has 2 N–H and O–H groups in total. The summed E-state index contributed by atoms with van der Waals surface area (Å²) in [5.41, 5.74) is 6.01. The topological polar surface area (TPSA) is 59.0 Å². The molecule has 0 heterocycles. The average Bonchev–Trinajstić information content (AvgIpc) is 2.34. The lowest BCUT2D eigenvalue weighted by Crippen LogP contribution is -1.95. The van der Waals surface area contributed by atoms with Gasteiger partial charge in [-0.3, -0.25) is 0 Å². The van der Waals surface area contributed by atoms with E-state index in [-0.39, 0.29) is 11.3 Å². The van der Waals surface area contributed by atoms with E-state index < -0.39 is 5.82 Å². The standard InChI is InChI=1S/C13H8BrFN2O/c14-8-4-5-11(17)13(6-8)18-12-3-1-2-10(15)9(12)7-16/h1-6H,17H2. The largest absolute Gasteiger partial charge is 0.454 e. The Hall–Kier alpha value is -2.06. The fraction of sp³-hybridized carbons (Fsp3) is 0. The first kappa shape index (κ1) is 12.4. The van der Waals surface area contributed by atoms with E-state index in [1.165, 1.54) is 18.2 Å². The quantitative estimate of drug-likeness (QED) is 0.858. The van der Waals surface area contributed by atoms with Crippen molar-refractivity contribution in [1.29, 1.82) is 5.26 Å². The first-order valence-corrected chi connectivity index (χ1v) is 5.82. The normalized spacial score (nSPS) is 9.83. The molecule has 0 saturated heterocycles. The van der Waals surface area contributed by atoms with Gasteiger partial charge in [-0.2, -0.15) is 5.26 Å². The van der Waals surface area contributed by atoms with Gasteiger partial charge in [0.1, 0.15) is 23.2 Å². The van der Waals surface area contributed by atoms with Crippen LogP contribution in [0.1, 0.15) is 5.56 Å². The smallest absolute Gasteiger partial charge is 0.151 e. The summed E-state index contributed by atoms with van der Waals surface area (Å²) >= 11 is 3.29. The van der Waals surface area contributed by atoms with Crippen molar-refractivity contribution < 1.29 is 9.13 Å². The van der Waals surface area contributed by atoms with Gasteiger partial charge >= 0.3 is 0 Å². The van der Waals surface area contributed by atoms with Crippen molar-refractivity contribution in [2.45, 2.75) is 0 Å². The number of anilines is 1. The van der Waals surface area contributed by atoms with Crippen molar-refractivity contribution in [3.05, 3.63) is 52.3 Å². The highest BCUT2D eigenvalue weighted by Gasteiger charge is 2.11. The lowest BCUT2D eigenvalue weighted by Gasteiger charge is -2.10. The molecule has 2 rings (SSSR count). The number of nitrogens with zero attached hydrogens (tertiary/aromatic N) is 1. The predicted octanol–water partition coefficient (Wildman–Crippen LogP) is 3.83. The molecule has 0 radical (unpaired) electrons. The van der Waals surface area contributed by atoms with Crippen LogP contribution in [0.4, 0.5) is 10.1 Å².